The van der Waals surface area contributed by atoms with Crippen molar-refractivity contribution in [2.75, 3.05) is 6.61 Å². The van der Waals surface area contributed by atoms with E-state index in [1.807, 2.05) is 22.9 Å². The van der Waals surface area contributed by atoms with E-state index in [0.29, 0.717) is 6.42 Å². The number of amides is 1. The highest BCUT2D eigenvalue weighted by Crippen LogP contribution is 2.29. The number of hydrogen-bond acceptors (Lipinski definition) is 4. The molecule has 1 amide bonds. The second kappa shape index (κ2) is 5.18. The number of nitrogens with zero attached hydrogens (tertiary/aromatic N) is 2. The number of nitrogens with one attached hydrogen (secondary N) is 1. The Morgan fingerprint density at radius 3 is 3.00 bits per heavy atom. The molecule has 3 rings (SSSR count). The third kappa shape index (κ3) is 2.45. The van der Waals surface area contributed by atoms with E-state index in [2.05, 4.69) is 10.3 Å². The number of aromatic nitrogens is 2. The van der Waals surface area contributed by atoms with E-state index < -0.39 is 5.54 Å². The third-order valence-corrected chi connectivity index (χ3v) is 4.90. The molecule has 0 saturated heterocycles. The van der Waals surface area contributed by atoms with Crippen molar-refractivity contribution in [3.63, 3.8) is 0 Å². The van der Waals surface area contributed by atoms with Gasteiger partial charge in [-0.05, 0) is 19.8 Å². The summed E-state index contributed by atoms with van der Waals surface area (Å²) in [5, 5.41) is 14.5. The fourth-order valence-electron chi connectivity index (χ4n) is 2.95. The van der Waals surface area contributed by atoms with E-state index in [9.17, 15) is 9.90 Å². The zero-order chi connectivity index (χ0) is 14.2. The first-order valence-corrected chi connectivity index (χ1v) is 7.84. The minimum atomic E-state index is -0.392. The van der Waals surface area contributed by atoms with Gasteiger partial charge in [0.25, 0.3) is 0 Å². The van der Waals surface area contributed by atoms with Gasteiger partial charge in [0.2, 0.25) is 5.91 Å². The Bertz CT molecular complexity index is 625. The number of aliphatic hydroxyl groups excluding tert-OH is 1. The molecule has 6 heteroatoms. The fourth-order valence-corrected chi connectivity index (χ4v) is 3.87. The largest absolute Gasteiger partial charge is 0.394 e. The number of carbonyl (C=O) groups is 1. The molecule has 2 heterocycles. The minimum Gasteiger partial charge on any atom is -0.394 e. The highest BCUT2D eigenvalue weighted by Gasteiger charge is 2.34. The van der Waals surface area contributed by atoms with Crippen molar-refractivity contribution in [1.29, 1.82) is 0 Å². The van der Waals surface area contributed by atoms with E-state index in [1.165, 1.54) is 0 Å². The Morgan fingerprint density at radius 2 is 2.30 bits per heavy atom. The number of rotatable bonds is 4. The molecule has 0 atom stereocenters. The lowest BCUT2D eigenvalue weighted by Gasteiger charge is -2.27. The molecule has 1 fully saturated rings. The van der Waals surface area contributed by atoms with Gasteiger partial charge < -0.3 is 10.4 Å². The summed E-state index contributed by atoms with van der Waals surface area (Å²) in [6, 6.07) is 0. The highest BCUT2D eigenvalue weighted by molar-refractivity contribution is 7.15. The number of hydrogen-bond donors (Lipinski definition) is 2. The van der Waals surface area contributed by atoms with Gasteiger partial charge >= 0.3 is 0 Å². The maximum absolute atomic E-state index is 12.2. The molecule has 0 radical (unpaired) electrons. The van der Waals surface area contributed by atoms with Crippen LogP contribution >= 0.6 is 11.3 Å². The first kappa shape index (κ1) is 13.6. The van der Waals surface area contributed by atoms with Crippen molar-refractivity contribution in [2.45, 2.75) is 44.6 Å². The second-order valence-electron chi connectivity index (χ2n) is 5.63. The number of carbonyl (C=O) groups excluding carboxylic acids is 1. The van der Waals surface area contributed by atoms with Crippen LogP contribution in [0.15, 0.2) is 11.6 Å². The molecule has 2 aromatic heterocycles. The minimum absolute atomic E-state index is 0.0213. The van der Waals surface area contributed by atoms with E-state index in [0.717, 1.165) is 42.0 Å². The van der Waals surface area contributed by atoms with Crippen LogP contribution in [0, 0.1) is 6.92 Å². The molecule has 2 N–H and O–H groups in total. The van der Waals surface area contributed by atoms with Gasteiger partial charge in [0, 0.05) is 17.3 Å². The first-order chi connectivity index (χ1) is 9.62. The van der Waals surface area contributed by atoms with Crippen molar-refractivity contribution in [3.8, 4) is 0 Å². The molecule has 20 heavy (non-hydrogen) atoms. The third-order valence-electron chi connectivity index (χ3n) is 4.01. The Hall–Kier alpha value is -1.40. The van der Waals surface area contributed by atoms with Gasteiger partial charge in [-0.15, -0.1) is 11.3 Å². The standard InChI is InChI=1S/C14H19N3O2S/c1-10-7-17-11(8-20-13(17)15-10)6-12(19)16-14(9-18)4-2-3-5-14/h7-8,18H,2-6,9H2,1H3,(H,16,19). The smallest absolute Gasteiger partial charge is 0.226 e. The van der Waals surface area contributed by atoms with Crippen LogP contribution in [0.3, 0.4) is 0 Å². The van der Waals surface area contributed by atoms with Crippen LogP contribution in [0.5, 0.6) is 0 Å². The molecule has 0 unspecified atom stereocenters. The van der Waals surface area contributed by atoms with Gasteiger partial charge in [0.15, 0.2) is 4.96 Å². The number of aliphatic hydroxyl groups is 1. The molecule has 108 valence electrons. The molecule has 0 aliphatic heterocycles. The van der Waals surface area contributed by atoms with Crippen molar-refractivity contribution in [1.82, 2.24) is 14.7 Å². The van der Waals surface area contributed by atoms with Crippen LogP contribution < -0.4 is 5.32 Å². The van der Waals surface area contributed by atoms with Crippen molar-refractivity contribution < 1.29 is 9.90 Å². The Kier molecular flexibility index (Phi) is 3.52. The number of thiazole rings is 1. The monoisotopic (exact) mass is 293 g/mol. The molecule has 5 nitrogen and oxygen atoms in total. The maximum atomic E-state index is 12.2. The van der Waals surface area contributed by atoms with Crippen LogP contribution in [-0.2, 0) is 11.2 Å². The fraction of sp³-hybridized carbons (Fsp3) is 0.571. The molecule has 1 aliphatic rings. The van der Waals surface area contributed by atoms with Crippen molar-refractivity contribution in [3.05, 3.63) is 23.0 Å². The summed E-state index contributed by atoms with van der Waals surface area (Å²) in [5.74, 6) is -0.0213. The van der Waals surface area contributed by atoms with Crippen molar-refractivity contribution >= 4 is 22.2 Å². The van der Waals surface area contributed by atoms with E-state index in [1.54, 1.807) is 11.3 Å². The van der Waals surface area contributed by atoms with Crippen LogP contribution in [0.25, 0.3) is 4.96 Å². The molecule has 1 saturated carbocycles. The Balaban J connectivity index is 1.72. The summed E-state index contributed by atoms with van der Waals surface area (Å²) >= 11 is 1.55. The average Bonchev–Trinajstić information content (AvgIpc) is 3.08. The normalized spacial score (nSPS) is 17.7. The van der Waals surface area contributed by atoms with E-state index in [-0.39, 0.29) is 12.5 Å². The van der Waals surface area contributed by atoms with Gasteiger partial charge in [0.1, 0.15) is 0 Å². The number of aryl methyl sites for hydroxylation is 1. The second-order valence-corrected chi connectivity index (χ2v) is 6.47. The van der Waals surface area contributed by atoms with Gasteiger partial charge in [0.05, 0.1) is 24.3 Å². The van der Waals surface area contributed by atoms with Gasteiger partial charge in [-0.3, -0.25) is 9.20 Å². The van der Waals surface area contributed by atoms with Crippen LogP contribution in [0.2, 0.25) is 0 Å². The Labute approximate surface area is 121 Å². The molecule has 2 aromatic rings. The van der Waals surface area contributed by atoms with E-state index in [4.69, 9.17) is 0 Å². The zero-order valence-electron chi connectivity index (χ0n) is 11.6. The average molecular weight is 293 g/mol. The van der Waals surface area contributed by atoms with Crippen LogP contribution in [0.1, 0.15) is 37.1 Å². The van der Waals surface area contributed by atoms with E-state index >= 15 is 0 Å². The first-order valence-electron chi connectivity index (χ1n) is 6.96. The highest BCUT2D eigenvalue weighted by atomic mass is 32.1. The molecule has 1 aliphatic carbocycles. The van der Waals surface area contributed by atoms with Gasteiger partial charge in [-0.25, -0.2) is 4.98 Å². The summed E-state index contributed by atoms with van der Waals surface area (Å²) in [5.41, 5.74) is 1.52. The van der Waals surface area contributed by atoms with Crippen LogP contribution in [-0.4, -0.2) is 32.5 Å². The lowest BCUT2D eigenvalue weighted by atomic mass is 9.98. The van der Waals surface area contributed by atoms with Crippen LogP contribution in [0.4, 0.5) is 0 Å². The predicted octanol–water partition coefficient (Wildman–Crippen LogP) is 1.67. The molecule has 0 bridgehead atoms. The topological polar surface area (TPSA) is 66.6 Å². The Morgan fingerprint density at radius 1 is 1.55 bits per heavy atom. The van der Waals surface area contributed by atoms with Crippen molar-refractivity contribution in [2.24, 2.45) is 0 Å². The van der Waals surface area contributed by atoms with Gasteiger partial charge in [-0.1, -0.05) is 12.8 Å². The zero-order valence-corrected chi connectivity index (χ0v) is 12.4. The lowest BCUT2D eigenvalue weighted by Crippen LogP contribution is -2.49. The number of imidazole rings is 1. The summed E-state index contributed by atoms with van der Waals surface area (Å²) in [6.07, 6.45) is 6.18. The molecular formula is C14H19N3O2S. The SMILES string of the molecule is Cc1cn2c(CC(=O)NC3(CO)CCCC3)csc2n1. The molecule has 0 aromatic carbocycles. The summed E-state index contributed by atoms with van der Waals surface area (Å²) in [4.78, 5) is 17.5. The molecule has 0 spiro atoms. The summed E-state index contributed by atoms with van der Waals surface area (Å²) in [6.45, 7) is 1.98. The summed E-state index contributed by atoms with van der Waals surface area (Å²) in [7, 11) is 0. The lowest BCUT2D eigenvalue weighted by molar-refractivity contribution is -0.123. The predicted molar refractivity (Wildman–Crippen MR) is 77.9 cm³/mol. The number of fused-ring (bicyclic) bond motifs is 1. The molecular weight excluding hydrogens is 274 g/mol. The quantitative estimate of drug-likeness (QED) is 0.901. The summed E-state index contributed by atoms with van der Waals surface area (Å²) < 4.78 is 1.97. The van der Waals surface area contributed by atoms with Gasteiger partial charge in [-0.2, -0.15) is 0 Å². The maximum Gasteiger partial charge on any atom is 0.226 e.